The van der Waals surface area contributed by atoms with Gasteiger partial charge in [-0.1, -0.05) is 13.3 Å². The van der Waals surface area contributed by atoms with Crippen LogP contribution in [0.2, 0.25) is 0 Å². The van der Waals surface area contributed by atoms with Crippen molar-refractivity contribution in [2.75, 3.05) is 33.4 Å². The highest BCUT2D eigenvalue weighted by molar-refractivity contribution is 6.45. The average Bonchev–Trinajstić information content (AvgIpc) is 2.62. The smallest absolute Gasteiger partial charge is 0.334 e. The minimum Gasteiger partial charge on any atom is -0.383 e. The fourth-order valence-corrected chi connectivity index (χ4v) is 1.70. The van der Waals surface area contributed by atoms with Crippen LogP contribution in [0, 0.1) is 0 Å². The molecule has 1 aliphatic heterocycles. The van der Waals surface area contributed by atoms with Crippen LogP contribution in [0.4, 0.5) is 4.79 Å². The van der Waals surface area contributed by atoms with Crippen LogP contribution in [-0.2, 0) is 19.1 Å². The molecule has 0 radical (unpaired) electrons. The number of ether oxygens (including phenoxy) is 1. The number of imide groups is 2. The molecule has 112 valence electrons. The highest BCUT2D eigenvalue weighted by Crippen LogP contribution is 2.12. The second-order valence-electron chi connectivity index (χ2n) is 4.33. The molecule has 1 rings (SSSR count). The molecule has 8 nitrogen and oxygen atoms in total. The molecule has 0 aromatic rings. The summed E-state index contributed by atoms with van der Waals surface area (Å²) in [5, 5.41) is 2.48. The lowest BCUT2D eigenvalue weighted by Crippen LogP contribution is -2.42. The fraction of sp³-hybridized carbons (Fsp3) is 0.667. The summed E-state index contributed by atoms with van der Waals surface area (Å²) in [6.07, 6.45) is 1.42. The van der Waals surface area contributed by atoms with Crippen molar-refractivity contribution < 1.29 is 23.9 Å². The van der Waals surface area contributed by atoms with Crippen LogP contribution < -0.4 is 5.32 Å². The van der Waals surface area contributed by atoms with Crippen LogP contribution in [0.25, 0.3) is 0 Å². The number of hydrogen-bond acceptors (Lipinski definition) is 5. The van der Waals surface area contributed by atoms with Gasteiger partial charge in [-0.25, -0.2) is 9.69 Å². The number of unbranched alkanes of at least 4 members (excludes halogenated alkanes) is 1. The van der Waals surface area contributed by atoms with Gasteiger partial charge >= 0.3 is 17.8 Å². The van der Waals surface area contributed by atoms with Gasteiger partial charge in [-0.05, 0) is 6.42 Å². The predicted octanol–water partition coefficient (Wildman–Crippen LogP) is -0.660. The molecule has 1 fully saturated rings. The van der Waals surface area contributed by atoms with E-state index in [2.05, 4.69) is 5.32 Å². The van der Waals surface area contributed by atoms with E-state index in [9.17, 15) is 19.2 Å². The van der Waals surface area contributed by atoms with E-state index in [1.54, 1.807) is 0 Å². The highest BCUT2D eigenvalue weighted by atomic mass is 16.5. The Morgan fingerprint density at radius 3 is 2.45 bits per heavy atom. The molecule has 20 heavy (non-hydrogen) atoms. The molecule has 0 aliphatic carbocycles. The zero-order valence-electron chi connectivity index (χ0n) is 11.7. The summed E-state index contributed by atoms with van der Waals surface area (Å²) in [6.45, 7) is 2.26. The van der Waals surface area contributed by atoms with Crippen LogP contribution in [0.5, 0.6) is 0 Å². The van der Waals surface area contributed by atoms with E-state index in [4.69, 9.17) is 4.74 Å². The molecule has 0 atom stereocenters. The first-order valence-electron chi connectivity index (χ1n) is 6.45. The van der Waals surface area contributed by atoms with Crippen molar-refractivity contribution in [3.05, 3.63) is 0 Å². The third-order valence-electron chi connectivity index (χ3n) is 2.80. The van der Waals surface area contributed by atoms with Gasteiger partial charge in [-0.15, -0.1) is 0 Å². The van der Waals surface area contributed by atoms with E-state index in [0.29, 0.717) is 17.9 Å². The van der Waals surface area contributed by atoms with E-state index < -0.39 is 30.3 Å². The molecule has 0 bridgehead atoms. The summed E-state index contributed by atoms with van der Waals surface area (Å²) in [5.41, 5.74) is 0. The maximum absolute atomic E-state index is 11.9. The number of carbonyl (C=O) groups is 4. The predicted molar refractivity (Wildman–Crippen MR) is 68.6 cm³/mol. The molecule has 1 N–H and O–H groups in total. The quantitative estimate of drug-likeness (QED) is 0.363. The van der Waals surface area contributed by atoms with Crippen molar-refractivity contribution >= 4 is 23.8 Å². The average molecular weight is 285 g/mol. The molecule has 0 saturated carbocycles. The number of hydrogen-bond donors (Lipinski definition) is 1. The van der Waals surface area contributed by atoms with Gasteiger partial charge in [0, 0.05) is 20.2 Å². The van der Waals surface area contributed by atoms with Crippen LogP contribution >= 0.6 is 0 Å². The maximum Gasteiger partial charge on any atom is 0.334 e. The minimum absolute atomic E-state index is 0.196. The Labute approximate surface area is 117 Å². The summed E-state index contributed by atoms with van der Waals surface area (Å²) in [6, 6.07) is -0.727. The third kappa shape index (κ3) is 3.77. The lowest BCUT2D eigenvalue weighted by Gasteiger charge is -2.14. The SMILES string of the molecule is CCCCN1C(=O)C(=O)N(CC(=O)NCCOC)C1=O. The first-order valence-corrected chi connectivity index (χ1v) is 6.45. The van der Waals surface area contributed by atoms with E-state index in [1.165, 1.54) is 7.11 Å². The maximum atomic E-state index is 11.9. The zero-order chi connectivity index (χ0) is 15.1. The van der Waals surface area contributed by atoms with Gasteiger partial charge in [0.05, 0.1) is 6.61 Å². The zero-order valence-corrected chi connectivity index (χ0v) is 11.7. The topological polar surface area (TPSA) is 96.0 Å². The largest absolute Gasteiger partial charge is 0.383 e. The molecule has 1 heterocycles. The first kappa shape index (κ1) is 16.1. The first-order chi connectivity index (χ1) is 9.52. The standard InChI is InChI=1S/C12H19N3O5/c1-3-4-6-14-10(17)11(18)15(12(14)19)8-9(16)13-5-7-20-2/h3-8H2,1-2H3,(H,13,16). The van der Waals surface area contributed by atoms with Gasteiger partial charge in [0.1, 0.15) is 6.54 Å². The van der Waals surface area contributed by atoms with Gasteiger partial charge in [-0.2, -0.15) is 0 Å². The second kappa shape index (κ2) is 7.59. The van der Waals surface area contributed by atoms with Gasteiger partial charge in [0.15, 0.2) is 0 Å². The summed E-state index contributed by atoms with van der Waals surface area (Å²) in [4.78, 5) is 48.3. The molecule has 5 amide bonds. The number of amides is 5. The summed E-state index contributed by atoms with van der Waals surface area (Å²) >= 11 is 0. The number of carbonyl (C=O) groups excluding carboxylic acids is 4. The number of nitrogens with one attached hydrogen (secondary N) is 1. The Morgan fingerprint density at radius 1 is 1.20 bits per heavy atom. The van der Waals surface area contributed by atoms with Gasteiger partial charge in [-0.3, -0.25) is 19.3 Å². The van der Waals surface area contributed by atoms with Crippen LogP contribution in [0.1, 0.15) is 19.8 Å². The van der Waals surface area contributed by atoms with E-state index >= 15 is 0 Å². The van der Waals surface area contributed by atoms with Gasteiger partial charge < -0.3 is 10.1 Å². The van der Waals surface area contributed by atoms with Gasteiger partial charge in [0.2, 0.25) is 5.91 Å². The van der Waals surface area contributed by atoms with Crippen molar-refractivity contribution in [2.24, 2.45) is 0 Å². The van der Waals surface area contributed by atoms with Gasteiger partial charge in [0.25, 0.3) is 0 Å². The molecule has 1 saturated heterocycles. The van der Waals surface area contributed by atoms with Crippen molar-refractivity contribution in [1.82, 2.24) is 15.1 Å². The van der Waals surface area contributed by atoms with Crippen molar-refractivity contribution in [1.29, 1.82) is 0 Å². The van der Waals surface area contributed by atoms with Crippen molar-refractivity contribution in [3.63, 3.8) is 0 Å². The van der Waals surface area contributed by atoms with E-state index in [1.807, 2.05) is 6.92 Å². The molecule has 0 aromatic heterocycles. The molecular formula is C12H19N3O5. The van der Waals surface area contributed by atoms with Crippen LogP contribution in [0.3, 0.4) is 0 Å². The summed E-state index contributed by atoms with van der Waals surface area (Å²) in [5.74, 6) is -2.32. The summed E-state index contributed by atoms with van der Waals surface area (Å²) in [7, 11) is 1.49. The Kier molecular flexibility index (Phi) is 6.10. The highest BCUT2D eigenvalue weighted by Gasteiger charge is 2.44. The van der Waals surface area contributed by atoms with E-state index in [0.717, 1.165) is 11.3 Å². The molecule has 0 spiro atoms. The Balaban J connectivity index is 2.57. The van der Waals surface area contributed by atoms with Crippen molar-refractivity contribution in [2.45, 2.75) is 19.8 Å². The molecule has 0 unspecified atom stereocenters. The lowest BCUT2D eigenvalue weighted by atomic mass is 10.3. The molecule has 0 aromatic carbocycles. The fourth-order valence-electron chi connectivity index (χ4n) is 1.70. The number of urea groups is 1. The molecule has 8 heteroatoms. The lowest BCUT2D eigenvalue weighted by molar-refractivity contribution is -0.144. The monoisotopic (exact) mass is 285 g/mol. The van der Waals surface area contributed by atoms with Crippen LogP contribution in [-0.4, -0.2) is 66.9 Å². The molecule has 1 aliphatic rings. The molecular weight excluding hydrogens is 266 g/mol. The Morgan fingerprint density at radius 2 is 1.85 bits per heavy atom. The number of methoxy groups -OCH3 is 1. The third-order valence-corrected chi connectivity index (χ3v) is 2.80. The Hall–Kier alpha value is -1.96. The second-order valence-corrected chi connectivity index (χ2v) is 4.33. The normalized spacial score (nSPS) is 15.2. The number of rotatable bonds is 8. The number of nitrogens with zero attached hydrogens (tertiary/aromatic N) is 2. The van der Waals surface area contributed by atoms with E-state index in [-0.39, 0.29) is 13.1 Å². The minimum atomic E-state index is -0.951. The summed E-state index contributed by atoms with van der Waals surface area (Å²) < 4.78 is 4.76. The van der Waals surface area contributed by atoms with Crippen LogP contribution in [0.15, 0.2) is 0 Å². The van der Waals surface area contributed by atoms with Crippen molar-refractivity contribution in [3.8, 4) is 0 Å². The Bertz CT molecular complexity index is 410.